The first-order chi connectivity index (χ1) is 8.85. The number of aromatic nitrogens is 2. The highest BCUT2D eigenvalue weighted by molar-refractivity contribution is 5.75. The van der Waals surface area contributed by atoms with Crippen molar-refractivity contribution in [3.8, 4) is 0 Å². The SMILES string of the molecule is CC(C)(CCc1ccc2[nH]c(=O)[nH]c2c1)CC(=O)O. The first-order valence-corrected chi connectivity index (χ1v) is 6.28. The minimum atomic E-state index is -0.768. The molecule has 102 valence electrons. The van der Waals surface area contributed by atoms with E-state index in [1.54, 1.807) is 0 Å². The number of rotatable bonds is 5. The van der Waals surface area contributed by atoms with Gasteiger partial charge in [0.25, 0.3) is 0 Å². The highest BCUT2D eigenvalue weighted by Gasteiger charge is 2.21. The summed E-state index contributed by atoms with van der Waals surface area (Å²) < 4.78 is 0. The van der Waals surface area contributed by atoms with E-state index in [1.165, 1.54) is 0 Å². The normalized spacial score (nSPS) is 11.9. The molecule has 0 saturated carbocycles. The van der Waals surface area contributed by atoms with Crippen LogP contribution in [0.15, 0.2) is 23.0 Å². The summed E-state index contributed by atoms with van der Waals surface area (Å²) >= 11 is 0. The standard InChI is InChI=1S/C14H18N2O3/c1-14(2,8-12(17)18)6-5-9-3-4-10-11(7-9)16-13(19)15-10/h3-4,7H,5-6,8H2,1-2H3,(H,17,18)(H2,15,16,19). The summed E-state index contributed by atoms with van der Waals surface area (Å²) in [5, 5.41) is 8.85. The molecule has 5 heteroatoms. The molecule has 0 bridgehead atoms. The topological polar surface area (TPSA) is 86.0 Å². The van der Waals surface area contributed by atoms with Crippen LogP contribution in [0.4, 0.5) is 0 Å². The third-order valence-corrected chi connectivity index (χ3v) is 3.30. The van der Waals surface area contributed by atoms with Crippen LogP contribution in [0.2, 0.25) is 0 Å². The molecule has 0 aliphatic carbocycles. The molecule has 2 aromatic rings. The Morgan fingerprint density at radius 1 is 1.26 bits per heavy atom. The molecule has 0 amide bonds. The molecule has 19 heavy (non-hydrogen) atoms. The van der Waals surface area contributed by atoms with Gasteiger partial charge >= 0.3 is 11.7 Å². The lowest BCUT2D eigenvalue weighted by atomic mass is 9.83. The van der Waals surface area contributed by atoms with E-state index in [4.69, 9.17) is 5.11 Å². The first-order valence-electron chi connectivity index (χ1n) is 6.28. The maximum absolute atomic E-state index is 11.2. The quantitative estimate of drug-likeness (QED) is 0.772. The van der Waals surface area contributed by atoms with Gasteiger partial charge in [-0.15, -0.1) is 0 Å². The third kappa shape index (κ3) is 3.47. The molecule has 1 aromatic carbocycles. The van der Waals surface area contributed by atoms with Crippen LogP contribution in [0.5, 0.6) is 0 Å². The molecule has 0 aliphatic rings. The number of fused-ring (bicyclic) bond motifs is 1. The second kappa shape index (κ2) is 4.91. The first kappa shape index (κ1) is 13.4. The van der Waals surface area contributed by atoms with Crippen molar-refractivity contribution < 1.29 is 9.90 Å². The highest BCUT2D eigenvalue weighted by Crippen LogP contribution is 2.27. The number of aryl methyl sites for hydroxylation is 1. The molecule has 0 aliphatic heterocycles. The number of aliphatic carboxylic acids is 1. The van der Waals surface area contributed by atoms with Gasteiger partial charge in [-0.1, -0.05) is 19.9 Å². The van der Waals surface area contributed by atoms with E-state index in [9.17, 15) is 9.59 Å². The average molecular weight is 262 g/mol. The molecule has 0 spiro atoms. The Balaban J connectivity index is 2.09. The zero-order chi connectivity index (χ0) is 14.0. The summed E-state index contributed by atoms with van der Waals surface area (Å²) in [4.78, 5) is 27.3. The molecule has 0 unspecified atom stereocenters. The van der Waals surface area contributed by atoms with Gasteiger partial charge in [-0.05, 0) is 36.0 Å². The molecule has 1 aromatic heterocycles. The van der Waals surface area contributed by atoms with Gasteiger partial charge in [0.1, 0.15) is 0 Å². The molecule has 0 atom stereocenters. The molecule has 5 nitrogen and oxygen atoms in total. The van der Waals surface area contributed by atoms with Crippen molar-refractivity contribution in [1.82, 2.24) is 9.97 Å². The van der Waals surface area contributed by atoms with Crippen molar-refractivity contribution >= 4 is 17.0 Å². The second-order valence-corrected chi connectivity index (χ2v) is 5.69. The van der Waals surface area contributed by atoms with Gasteiger partial charge in [0, 0.05) is 0 Å². The maximum atomic E-state index is 11.2. The van der Waals surface area contributed by atoms with Gasteiger partial charge in [0.2, 0.25) is 0 Å². The minimum absolute atomic E-state index is 0.163. The fourth-order valence-corrected chi connectivity index (χ4v) is 2.22. The Hall–Kier alpha value is -2.04. The smallest absolute Gasteiger partial charge is 0.323 e. The Labute approximate surface area is 110 Å². The van der Waals surface area contributed by atoms with Crippen molar-refractivity contribution in [2.75, 3.05) is 0 Å². The van der Waals surface area contributed by atoms with Crippen LogP contribution in [0.25, 0.3) is 11.0 Å². The van der Waals surface area contributed by atoms with Crippen LogP contribution in [0.3, 0.4) is 0 Å². The summed E-state index contributed by atoms with van der Waals surface area (Å²) in [7, 11) is 0. The Bertz CT molecular complexity index is 652. The number of carboxylic acids is 1. The van der Waals surface area contributed by atoms with E-state index in [-0.39, 0.29) is 17.5 Å². The number of carboxylic acid groups (broad SMARTS) is 1. The molecule has 0 saturated heterocycles. The maximum Gasteiger partial charge on any atom is 0.323 e. The largest absolute Gasteiger partial charge is 0.481 e. The summed E-state index contributed by atoms with van der Waals surface area (Å²) in [5.41, 5.74) is 2.24. The predicted molar refractivity (Wildman–Crippen MR) is 73.3 cm³/mol. The monoisotopic (exact) mass is 262 g/mol. The van der Waals surface area contributed by atoms with Crippen LogP contribution < -0.4 is 5.69 Å². The van der Waals surface area contributed by atoms with Crippen LogP contribution in [0, 0.1) is 5.41 Å². The lowest BCUT2D eigenvalue weighted by molar-refractivity contribution is -0.139. The van der Waals surface area contributed by atoms with Crippen molar-refractivity contribution in [3.05, 3.63) is 34.2 Å². The molecular weight excluding hydrogens is 244 g/mol. The van der Waals surface area contributed by atoms with Gasteiger partial charge in [-0.25, -0.2) is 4.79 Å². The van der Waals surface area contributed by atoms with E-state index >= 15 is 0 Å². The van der Waals surface area contributed by atoms with E-state index in [1.807, 2.05) is 32.0 Å². The van der Waals surface area contributed by atoms with Crippen LogP contribution in [0.1, 0.15) is 32.3 Å². The predicted octanol–water partition coefficient (Wildman–Crippen LogP) is 2.29. The Morgan fingerprint density at radius 3 is 2.63 bits per heavy atom. The van der Waals surface area contributed by atoms with E-state index < -0.39 is 5.97 Å². The number of nitrogens with one attached hydrogen (secondary N) is 2. The number of hydrogen-bond donors (Lipinski definition) is 3. The van der Waals surface area contributed by atoms with Gasteiger partial charge in [-0.2, -0.15) is 0 Å². The Morgan fingerprint density at radius 2 is 1.95 bits per heavy atom. The molecular formula is C14H18N2O3. The molecule has 0 radical (unpaired) electrons. The third-order valence-electron chi connectivity index (χ3n) is 3.30. The molecule has 3 N–H and O–H groups in total. The lowest BCUT2D eigenvalue weighted by Gasteiger charge is -2.22. The fraction of sp³-hybridized carbons (Fsp3) is 0.429. The molecule has 2 rings (SSSR count). The number of aromatic amines is 2. The number of H-pyrrole nitrogens is 2. The van der Waals surface area contributed by atoms with Crippen molar-refractivity contribution in [1.29, 1.82) is 0 Å². The number of carbonyl (C=O) groups is 1. The van der Waals surface area contributed by atoms with Crippen LogP contribution in [-0.4, -0.2) is 21.0 Å². The van der Waals surface area contributed by atoms with Crippen molar-refractivity contribution in [2.24, 2.45) is 5.41 Å². The average Bonchev–Trinajstić information content (AvgIpc) is 2.64. The van der Waals surface area contributed by atoms with Crippen LogP contribution in [-0.2, 0) is 11.2 Å². The van der Waals surface area contributed by atoms with Crippen LogP contribution >= 0.6 is 0 Å². The van der Waals surface area contributed by atoms with Gasteiger partial charge in [-0.3, -0.25) is 4.79 Å². The van der Waals surface area contributed by atoms with Crippen molar-refractivity contribution in [3.63, 3.8) is 0 Å². The van der Waals surface area contributed by atoms with E-state index in [2.05, 4.69) is 9.97 Å². The van der Waals surface area contributed by atoms with Gasteiger partial charge in [0.05, 0.1) is 17.5 Å². The highest BCUT2D eigenvalue weighted by atomic mass is 16.4. The Kier molecular flexibility index (Phi) is 3.46. The number of hydrogen-bond acceptors (Lipinski definition) is 2. The fourth-order valence-electron chi connectivity index (χ4n) is 2.22. The lowest BCUT2D eigenvalue weighted by Crippen LogP contribution is -2.17. The summed E-state index contributed by atoms with van der Waals surface area (Å²) in [6.07, 6.45) is 1.75. The summed E-state index contributed by atoms with van der Waals surface area (Å²) in [6.45, 7) is 3.91. The summed E-state index contributed by atoms with van der Waals surface area (Å²) in [6, 6.07) is 5.76. The van der Waals surface area contributed by atoms with E-state index in [0.29, 0.717) is 0 Å². The molecule has 1 heterocycles. The second-order valence-electron chi connectivity index (χ2n) is 5.69. The number of benzene rings is 1. The summed E-state index contributed by atoms with van der Waals surface area (Å²) in [5.74, 6) is -0.768. The van der Waals surface area contributed by atoms with Gasteiger partial charge in [0.15, 0.2) is 0 Å². The number of imidazole rings is 1. The van der Waals surface area contributed by atoms with Gasteiger partial charge < -0.3 is 15.1 Å². The van der Waals surface area contributed by atoms with Crippen molar-refractivity contribution in [2.45, 2.75) is 33.1 Å². The van der Waals surface area contributed by atoms with E-state index in [0.717, 1.165) is 29.4 Å². The molecule has 0 fully saturated rings. The zero-order valence-electron chi connectivity index (χ0n) is 11.1. The zero-order valence-corrected chi connectivity index (χ0v) is 11.1. The minimum Gasteiger partial charge on any atom is -0.481 e.